The van der Waals surface area contributed by atoms with E-state index < -0.39 is 0 Å². The van der Waals surface area contributed by atoms with Crippen LogP contribution in [0.4, 0.5) is 0 Å². The van der Waals surface area contributed by atoms with Crippen molar-refractivity contribution < 1.29 is 4.79 Å². The maximum atomic E-state index is 12.7. The summed E-state index contributed by atoms with van der Waals surface area (Å²) in [6.07, 6.45) is 5.73. The fourth-order valence-corrected chi connectivity index (χ4v) is 3.62. The van der Waals surface area contributed by atoms with E-state index in [4.69, 9.17) is 5.26 Å². The Morgan fingerprint density at radius 3 is 3.05 bits per heavy atom. The van der Waals surface area contributed by atoms with Crippen LogP contribution in [0.1, 0.15) is 21.7 Å². The highest BCUT2D eigenvalue weighted by Crippen LogP contribution is 2.27. The molecule has 0 aromatic carbocycles. The lowest BCUT2D eigenvalue weighted by molar-refractivity contribution is 0.0748. The van der Waals surface area contributed by atoms with Crippen LogP contribution in [-0.4, -0.2) is 28.6 Å². The number of thioether (sulfide) groups is 1. The second-order valence-electron chi connectivity index (χ2n) is 4.31. The van der Waals surface area contributed by atoms with E-state index in [2.05, 4.69) is 11.1 Å². The molecule has 4 nitrogen and oxygen atoms in total. The second-order valence-corrected chi connectivity index (χ2v) is 6.08. The molecule has 0 N–H and O–H groups in total. The van der Waals surface area contributed by atoms with E-state index in [0.29, 0.717) is 19.5 Å². The molecule has 6 heteroatoms. The molecule has 0 aliphatic carbocycles. The maximum Gasteiger partial charge on any atom is 0.265 e. The fourth-order valence-electron chi connectivity index (χ4n) is 1.91. The summed E-state index contributed by atoms with van der Waals surface area (Å²) in [5.74, 6) is -0.0200. The van der Waals surface area contributed by atoms with Crippen LogP contribution in [0.3, 0.4) is 0 Å². The van der Waals surface area contributed by atoms with Crippen LogP contribution in [0.2, 0.25) is 0 Å². The van der Waals surface area contributed by atoms with Gasteiger partial charge in [0.05, 0.1) is 12.5 Å². The first-order valence-corrected chi connectivity index (χ1v) is 8.53. The topological polar surface area (TPSA) is 57.0 Å². The smallest absolute Gasteiger partial charge is 0.265 e. The molecule has 21 heavy (non-hydrogen) atoms. The van der Waals surface area contributed by atoms with Crippen molar-refractivity contribution >= 4 is 29.0 Å². The average Bonchev–Trinajstić information content (AvgIpc) is 3.00. The van der Waals surface area contributed by atoms with Crippen molar-refractivity contribution in [1.29, 1.82) is 5.26 Å². The van der Waals surface area contributed by atoms with E-state index >= 15 is 0 Å². The summed E-state index contributed by atoms with van der Waals surface area (Å²) < 4.78 is 0. The summed E-state index contributed by atoms with van der Waals surface area (Å²) in [6, 6.07) is 7.84. The van der Waals surface area contributed by atoms with Gasteiger partial charge in [-0.15, -0.1) is 23.1 Å². The maximum absolute atomic E-state index is 12.7. The van der Waals surface area contributed by atoms with Gasteiger partial charge in [0, 0.05) is 30.4 Å². The first-order chi connectivity index (χ1) is 10.3. The zero-order valence-corrected chi connectivity index (χ0v) is 13.3. The predicted octanol–water partition coefficient (Wildman–Crippen LogP) is 3.42. The third-order valence-electron chi connectivity index (χ3n) is 2.92. The fraction of sp³-hybridized carbons (Fsp3) is 0.267. The quantitative estimate of drug-likeness (QED) is 0.766. The van der Waals surface area contributed by atoms with Crippen molar-refractivity contribution in [3.8, 4) is 6.07 Å². The van der Waals surface area contributed by atoms with Crippen LogP contribution in [0.25, 0.3) is 0 Å². The van der Waals surface area contributed by atoms with Gasteiger partial charge in [-0.3, -0.25) is 9.78 Å². The van der Waals surface area contributed by atoms with Crippen molar-refractivity contribution in [3.05, 3.63) is 46.4 Å². The van der Waals surface area contributed by atoms with Gasteiger partial charge >= 0.3 is 0 Å². The number of pyridine rings is 1. The van der Waals surface area contributed by atoms with Crippen molar-refractivity contribution in [1.82, 2.24) is 9.88 Å². The molecule has 0 fully saturated rings. The molecule has 0 spiro atoms. The van der Waals surface area contributed by atoms with E-state index in [1.165, 1.54) is 11.3 Å². The molecule has 0 saturated carbocycles. The number of thiophene rings is 1. The SMILES string of the molecule is CSc1ccsc1C(=O)N(CCC#N)Cc1cccnc1. The number of aromatic nitrogens is 1. The van der Waals surface area contributed by atoms with Crippen molar-refractivity contribution in [2.24, 2.45) is 0 Å². The zero-order valence-electron chi connectivity index (χ0n) is 11.7. The first kappa shape index (κ1) is 15.5. The monoisotopic (exact) mass is 317 g/mol. The van der Waals surface area contributed by atoms with Crippen LogP contribution in [0, 0.1) is 11.3 Å². The highest BCUT2D eigenvalue weighted by atomic mass is 32.2. The van der Waals surface area contributed by atoms with E-state index in [1.807, 2.05) is 29.8 Å². The van der Waals surface area contributed by atoms with Gasteiger partial charge in [-0.2, -0.15) is 5.26 Å². The molecule has 2 aromatic heterocycles. The van der Waals surface area contributed by atoms with Crippen molar-refractivity contribution in [2.45, 2.75) is 17.9 Å². The summed E-state index contributed by atoms with van der Waals surface area (Å²) in [5.41, 5.74) is 0.964. The van der Waals surface area contributed by atoms with Gasteiger partial charge in [0.2, 0.25) is 0 Å². The molecule has 0 atom stereocenters. The highest BCUT2D eigenvalue weighted by molar-refractivity contribution is 7.98. The molecule has 0 aliphatic rings. The molecule has 0 saturated heterocycles. The Hall–Kier alpha value is -1.84. The minimum Gasteiger partial charge on any atom is -0.332 e. The molecule has 0 bridgehead atoms. The number of nitriles is 1. The third kappa shape index (κ3) is 4.06. The molecule has 2 heterocycles. The third-order valence-corrected chi connectivity index (χ3v) is 4.73. The predicted molar refractivity (Wildman–Crippen MR) is 85.3 cm³/mol. The zero-order chi connectivity index (χ0) is 15.1. The molecular weight excluding hydrogens is 302 g/mol. The number of carbonyl (C=O) groups is 1. The highest BCUT2D eigenvalue weighted by Gasteiger charge is 2.20. The largest absolute Gasteiger partial charge is 0.332 e. The first-order valence-electron chi connectivity index (χ1n) is 6.43. The standard InChI is InChI=1S/C15H15N3OS2/c1-20-13-5-9-21-14(13)15(19)18(8-3-6-16)11-12-4-2-7-17-10-12/h2,4-5,7,9-10H,3,8,11H2,1H3. The molecule has 0 aliphatic heterocycles. The van der Waals surface area contributed by atoms with E-state index in [0.717, 1.165) is 15.3 Å². The number of hydrogen-bond acceptors (Lipinski definition) is 5. The Morgan fingerprint density at radius 1 is 1.52 bits per heavy atom. The Balaban J connectivity index is 2.19. The van der Waals surface area contributed by atoms with E-state index in [9.17, 15) is 4.79 Å². The second kappa shape index (κ2) is 7.81. The Bertz CT molecular complexity index is 634. The number of carbonyl (C=O) groups excluding carboxylic acids is 1. The minimum atomic E-state index is -0.0200. The molecule has 1 amide bonds. The van der Waals surface area contributed by atoms with Gasteiger partial charge in [-0.05, 0) is 29.3 Å². The summed E-state index contributed by atoms with van der Waals surface area (Å²) in [6.45, 7) is 0.899. The summed E-state index contributed by atoms with van der Waals surface area (Å²) in [5, 5.41) is 10.7. The van der Waals surface area contributed by atoms with Crippen LogP contribution in [0.5, 0.6) is 0 Å². The molecule has 0 unspecified atom stereocenters. The molecule has 2 rings (SSSR count). The average molecular weight is 317 g/mol. The Kier molecular flexibility index (Phi) is 5.78. The summed E-state index contributed by atoms with van der Waals surface area (Å²) in [4.78, 5) is 20.2. The molecule has 108 valence electrons. The van der Waals surface area contributed by atoms with Crippen LogP contribution in [-0.2, 0) is 6.54 Å². The summed E-state index contributed by atoms with van der Waals surface area (Å²) >= 11 is 3.01. The molecule has 2 aromatic rings. The van der Waals surface area contributed by atoms with E-state index in [1.54, 1.807) is 29.1 Å². The molecule has 0 radical (unpaired) electrons. The van der Waals surface area contributed by atoms with Gasteiger partial charge in [-0.25, -0.2) is 0 Å². The Labute approximate surface area is 132 Å². The van der Waals surface area contributed by atoms with Crippen LogP contribution in [0.15, 0.2) is 40.9 Å². The van der Waals surface area contributed by atoms with Gasteiger partial charge in [-0.1, -0.05) is 6.07 Å². The minimum absolute atomic E-state index is 0.0200. The lowest BCUT2D eigenvalue weighted by Gasteiger charge is -2.21. The van der Waals surface area contributed by atoms with Gasteiger partial charge < -0.3 is 4.90 Å². The normalized spacial score (nSPS) is 10.1. The lowest BCUT2D eigenvalue weighted by Crippen LogP contribution is -2.31. The number of rotatable bonds is 6. The summed E-state index contributed by atoms with van der Waals surface area (Å²) in [7, 11) is 0. The van der Waals surface area contributed by atoms with Crippen molar-refractivity contribution in [3.63, 3.8) is 0 Å². The van der Waals surface area contributed by atoms with Gasteiger partial charge in [0.25, 0.3) is 5.91 Å². The number of nitrogens with zero attached hydrogens (tertiary/aromatic N) is 3. The van der Waals surface area contributed by atoms with Crippen LogP contribution < -0.4 is 0 Å². The van der Waals surface area contributed by atoms with Crippen molar-refractivity contribution in [2.75, 3.05) is 12.8 Å². The Morgan fingerprint density at radius 2 is 2.38 bits per heavy atom. The lowest BCUT2D eigenvalue weighted by atomic mass is 10.2. The molecular formula is C15H15N3OS2. The number of hydrogen-bond donors (Lipinski definition) is 0. The van der Waals surface area contributed by atoms with E-state index in [-0.39, 0.29) is 5.91 Å². The number of amides is 1. The van der Waals surface area contributed by atoms with Crippen LogP contribution >= 0.6 is 23.1 Å². The van der Waals surface area contributed by atoms with Gasteiger partial charge in [0.1, 0.15) is 4.88 Å². The van der Waals surface area contributed by atoms with Gasteiger partial charge in [0.15, 0.2) is 0 Å².